The number of nitriles is 1. The van der Waals surface area contributed by atoms with Crippen LogP contribution in [0.1, 0.15) is 60.2 Å². The van der Waals surface area contributed by atoms with E-state index in [1.54, 1.807) is 12.1 Å². The van der Waals surface area contributed by atoms with Gasteiger partial charge in [0.15, 0.2) is 0 Å². The molecule has 1 fully saturated rings. The van der Waals surface area contributed by atoms with Gasteiger partial charge in [-0.25, -0.2) is 9.98 Å². The first-order valence-corrected chi connectivity index (χ1v) is 18.7. The number of H-pyrrole nitrogens is 2. The Hall–Kier alpha value is -6.29. The highest BCUT2D eigenvalue weighted by atomic mass is 16.5. The van der Waals surface area contributed by atoms with Crippen LogP contribution < -0.4 is 5.32 Å². The molecule has 1 amide bonds. The van der Waals surface area contributed by atoms with E-state index in [-0.39, 0.29) is 6.61 Å². The smallest absolute Gasteiger partial charge is 0.212 e. The summed E-state index contributed by atoms with van der Waals surface area (Å²) in [5, 5.41) is 21.1. The van der Waals surface area contributed by atoms with Crippen LogP contribution in [0.4, 0.5) is 5.69 Å². The van der Waals surface area contributed by atoms with Crippen molar-refractivity contribution in [3.8, 4) is 6.07 Å². The topological polar surface area (TPSA) is 157 Å². The lowest BCUT2D eigenvalue weighted by molar-refractivity contribution is -0.105. The first-order valence-electron chi connectivity index (χ1n) is 18.7. The van der Waals surface area contributed by atoms with Crippen LogP contribution in [0.3, 0.4) is 0 Å². The molecule has 8 rings (SSSR count). The van der Waals surface area contributed by atoms with Gasteiger partial charge in [0, 0.05) is 47.4 Å². The van der Waals surface area contributed by atoms with Gasteiger partial charge in [0.25, 0.3) is 0 Å². The van der Waals surface area contributed by atoms with Crippen LogP contribution in [0, 0.1) is 32.1 Å². The number of carbonyl (C=O) groups is 1. The highest BCUT2D eigenvalue weighted by Crippen LogP contribution is 2.27. The van der Waals surface area contributed by atoms with Gasteiger partial charge in [-0.05, 0) is 102 Å². The summed E-state index contributed by atoms with van der Waals surface area (Å²) < 4.78 is 16.6. The van der Waals surface area contributed by atoms with Crippen molar-refractivity contribution in [2.45, 2.75) is 66.2 Å². The number of ether oxygens (including phenoxy) is 2. The van der Waals surface area contributed by atoms with Crippen molar-refractivity contribution in [1.29, 1.82) is 5.26 Å². The maximum atomic E-state index is 10.7. The number of furan rings is 1. The largest absolute Gasteiger partial charge is 0.473 e. The quantitative estimate of drug-likeness (QED) is 0.0389. The Labute approximate surface area is 326 Å². The summed E-state index contributed by atoms with van der Waals surface area (Å²) >= 11 is 0. The minimum atomic E-state index is 0.261. The number of nitrogens with one attached hydrogen (secondary N) is 3. The summed E-state index contributed by atoms with van der Waals surface area (Å²) in [6.07, 6.45) is 12.4. The second-order valence-electron chi connectivity index (χ2n) is 13.9. The number of hydrogen-bond donors (Lipinski definition) is 3. The summed E-state index contributed by atoms with van der Waals surface area (Å²) in [6, 6.07) is 19.6. The fraction of sp³-hybridized carbons (Fsp3) is 0.295. The number of aromatic nitrogens is 4. The molecule has 3 aromatic heterocycles. The van der Waals surface area contributed by atoms with Gasteiger partial charge in [-0.2, -0.15) is 10.4 Å². The lowest BCUT2D eigenvalue weighted by Crippen LogP contribution is -2.28. The van der Waals surface area contributed by atoms with Crippen molar-refractivity contribution in [2.24, 2.45) is 4.99 Å². The van der Waals surface area contributed by atoms with Crippen LogP contribution in [-0.2, 0) is 27.4 Å². The van der Waals surface area contributed by atoms with Crippen molar-refractivity contribution in [3.63, 3.8) is 0 Å². The van der Waals surface area contributed by atoms with E-state index >= 15 is 0 Å². The first-order chi connectivity index (χ1) is 27.2. The number of aryl methyl sites for hydroxylation is 3. The third-order valence-corrected chi connectivity index (χ3v) is 9.64. The Morgan fingerprint density at radius 1 is 1.14 bits per heavy atom. The highest BCUT2D eigenvalue weighted by molar-refractivity contribution is 5.87. The molecule has 3 N–H and O–H groups in total. The number of carbonyl (C=O) groups excluding carboxylic acids is 1. The van der Waals surface area contributed by atoms with E-state index in [9.17, 15) is 10.1 Å². The fourth-order valence-corrected chi connectivity index (χ4v) is 6.38. The number of nitrogens with zero attached hydrogens (tertiary/aromatic N) is 5. The van der Waals surface area contributed by atoms with Crippen LogP contribution in [-0.4, -0.2) is 64.0 Å². The molecule has 0 spiro atoms. The van der Waals surface area contributed by atoms with Crippen molar-refractivity contribution in [2.75, 3.05) is 25.0 Å². The number of benzene rings is 3. The third-order valence-electron chi connectivity index (χ3n) is 9.64. The van der Waals surface area contributed by atoms with Crippen LogP contribution in [0.15, 0.2) is 99.8 Å². The highest BCUT2D eigenvalue weighted by Gasteiger charge is 2.15. The molecule has 1 saturated heterocycles. The van der Waals surface area contributed by atoms with Crippen LogP contribution >= 0.6 is 0 Å². The number of rotatable bonds is 11. The fourth-order valence-electron chi connectivity index (χ4n) is 6.38. The second kappa shape index (κ2) is 18.8. The van der Waals surface area contributed by atoms with Crippen molar-refractivity contribution < 1.29 is 18.7 Å². The number of aromatic amines is 2. The predicted molar refractivity (Wildman–Crippen MR) is 221 cm³/mol. The predicted octanol–water partition coefficient (Wildman–Crippen LogP) is 8.87. The lowest BCUT2D eigenvalue weighted by atomic mass is 10.0. The molecule has 0 saturated carbocycles. The van der Waals surface area contributed by atoms with Crippen LogP contribution in [0.5, 0.6) is 0 Å². The molecule has 0 unspecified atom stereocenters. The van der Waals surface area contributed by atoms with E-state index in [1.807, 2.05) is 56.3 Å². The molecular weight excluding hydrogens is 705 g/mol. The average Bonchev–Trinajstić information content (AvgIpc) is 3.90. The molecule has 1 atom stereocenters. The van der Waals surface area contributed by atoms with E-state index in [1.165, 1.54) is 22.9 Å². The van der Waals surface area contributed by atoms with Gasteiger partial charge < -0.3 is 24.2 Å². The normalized spacial score (nSPS) is 15.7. The van der Waals surface area contributed by atoms with E-state index in [0.29, 0.717) is 29.5 Å². The van der Waals surface area contributed by atoms with Gasteiger partial charge in [-0.1, -0.05) is 41.5 Å². The zero-order valence-corrected chi connectivity index (χ0v) is 32.4. The third kappa shape index (κ3) is 10.3. The molecule has 288 valence electrons. The molecule has 5 heterocycles. The summed E-state index contributed by atoms with van der Waals surface area (Å²) in [6.45, 7) is 15.5. The minimum Gasteiger partial charge on any atom is -0.473 e. The van der Waals surface area contributed by atoms with Crippen molar-refractivity contribution in [3.05, 3.63) is 124 Å². The summed E-state index contributed by atoms with van der Waals surface area (Å²) in [5.74, 6) is 2.08. The summed E-state index contributed by atoms with van der Waals surface area (Å²) in [4.78, 5) is 25.1. The monoisotopic (exact) mass is 752 g/mol. The molecule has 12 heteroatoms. The SMILES string of the molecule is C=N/C(=C\C=C/CC1=CCN(Cc2nc3ccc(NC=O)cc3[nH]2)CC1)OCc1ccc(C#N)c2cc(C)oc12.C[C@@H]1CCO1.Cc1ccc2n[nH]c(C)c2c1. The number of hydrogen-bond acceptors (Lipinski definition) is 9. The van der Waals surface area contributed by atoms with Gasteiger partial charge in [-0.15, -0.1) is 0 Å². The van der Waals surface area contributed by atoms with E-state index in [2.05, 4.69) is 86.3 Å². The number of aliphatic imine (C=N–C) groups is 1. The molecule has 12 nitrogen and oxygen atoms in total. The zero-order chi connectivity index (χ0) is 39.4. The summed E-state index contributed by atoms with van der Waals surface area (Å²) in [5.41, 5.74) is 9.48. The molecular formula is C44H48N8O4. The van der Waals surface area contributed by atoms with Crippen molar-refractivity contribution in [1.82, 2.24) is 25.1 Å². The number of anilines is 1. The summed E-state index contributed by atoms with van der Waals surface area (Å²) in [7, 11) is 0. The number of fused-ring (bicyclic) bond motifs is 3. The van der Waals surface area contributed by atoms with E-state index in [4.69, 9.17) is 13.9 Å². The number of allylic oxidation sites excluding steroid dienone is 3. The maximum absolute atomic E-state index is 10.7. The number of amides is 1. The minimum absolute atomic E-state index is 0.261. The first kappa shape index (κ1) is 39.4. The molecule has 2 aliphatic heterocycles. The van der Waals surface area contributed by atoms with Gasteiger partial charge in [0.05, 0.1) is 40.8 Å². The Morgan fingerprint density at radius 3 is 2.68 bits per heavy atom. The molecule has 3 aromatic carbocycles. The van der Waals surface area contributed by atoms with E-state index < -0.39 is 0 Å². The number of imidazole rings is 1. The Kier molecular flexibility index (Phi) is 13.3. The lowest BCUT2D eigenvalue weighted by Gasteiger charge is -2.25. The molecule has 0 bridgehead atoms. The second-order valence-corrected chi connectivity index (χ2v) is 13.9. The molecule has 56 heavy (non-hydrogen) atoms. The molecule has 0 aliphatic carbocycles. The van der Waals surface area contributed by atoms with Crippen LogP contribution in [0.2, 0.25) is 0 Å². The van der Waals surface area contributed by atoms with Gasteiger partial charge in [0.2, 0.25) is 12.3 Å². The molecule has 2 aliphatic rings. The Morgan fingerprint density at radius 2 is 1.96 bits per heavy atom. The molecule has 6 aromatic rings. The standard InChI is InChI=1S/C31H30N6O3.C9H10N2.C4H8O/c1-21-15-26-23(17-32)7-8-24(31(26)40-21)19-39-30(33-2)6-4-3-5-22-11-13-37(14-12-22)18-29-35-27-10-9-25(34-20-38)16-28(27)36-29;1-6-3-4-9-8(5-6)7(2)10-11-9;1-4-2-3-5-4/h3-4,6-11,15-16,20H,2,5,12-14,18-19H2,1H3,(H,34,38)(H,35,36);3-5H,1-2H3,(H,10,11);4H,2-3H2,1H3/b4-3-,30-6+;;/t;;4-/m..1/s1. The Balaban J connectivity index is 0.000000271. The van der Waals surface area contributed by atoms with E-state index in [0.717, 1.165) is 89.5 Å². The van der Waals surface area contributed by atoms with Crippen LogP contribution in [0.25, 0.3) is 32.9 Å². The maximum Gasteiger partial charge on any atom is 0.212 e. The van der Waals surface area contributed by atoms with Gasteiger partial charge in [-0.3, -0.25) is 14.8 Å². The van der Waals surface area contributed by atoms with Crippen molar-refractivity contribution >= 4 is 51.7 Å². The molecule has 0 radical (unpaired) electrons. The van der Waals surface area contributed by atoms with Gasteiger partial charge in [0.1, 0.15) is 23.8 Å². The van der Waals surface area contributed by atoms with Gasteiger partial charge >= 0.3 is 0 Å². The Bertz CT molecular complexity index is 2440. The average molecular weight is 753 g/mol. The zero-order valence-electron chi connectivity index (χ0n) is 32.4.